The number of methoxy groups -OCH3 is 1. The van der Waals surface area contributed by atoms with Crippen LogP contribution in [0, 0.1) is 0 Å². The summed E-state index contributed by atoms with van der Waals surface area (Å²) in [4.78, 5) is 10.5. The van der Waals surface area contributed by atoms with Crippen molar-refractivity contribution in [3.05, 3.63) is 12.0 Å². The fourth-order valence-electron chi connectivity index (χ4n) is 0.492. The Morgan fingerprint density at radius 3 is 2.88 bits per heavy atom. The van der Waals surface area contributed by atoms with Gasteiger partial charge in [0.25, 0.3) is 0 Å². The second kappa shape index (κ2) is 1.86. The Labute approximate surface area is 46.9 Å². The quantitative estimate of drug-likeness (QED) is 0.484. The summed E-state index contributed by atoms with van der Waals surface area (Å²) in [6.45, 7) is 0.128. The van der Waals surface area contributed by atoms with Crippen molar-refractivity contribution >= 4 is 5.78 Å². The Morgan fingerprint density at radius 2 is 2.62 bits per heavy atom. The van der Waals surface area contributed by atoms with Crippen LogP contribution >= 0.6 is 0 Å². The van der Waals surface area contributed by atoms with Crippen LogP contribution in [0.3, 0.4) is 0 Å². The van der Waals surface area contributed by atoms with E-state index >= 15 is 0 Å². The van der Waals surface area contributed by atoms with Crippen LogP contribution in [0.4, 0.5) is 0 Å². The summed E-state index contributed by atoms with van der Waals surface area (Å²) >= 11 is 0. The molecule has 0 radical (unpaired) electrons. The van der Waals surface area contributed by atoms with E-state index in [0.717, 1.165) is 0 Å². The lowest BCUT2D eigenvalue weighted by atomic mass is 10.4. The van der Waals surface area contributed by atoms with E-state index in [1.165, 1.54) is 13.4 Å². The van der Waals surface area contributed by atoms with Gasteiger partial charge in [-0.15, -0.1) is 0 Å². The van der Waals surface area contributed by atoms with Gasteiger partial charge in [-0.2, -0.15) is 0 Å². The van der Waals surface area contributed by atoms with Crippen molar-refractivity contribution < 1.29 is 14.3 Å². The molecule has 0 bridgehead atoms. The van der Waals surface area contributed by atoms with Crippen molar-refractivity contribution in [1.29, 1.82) is 0 Å². The summed E-state index contributed by atoms with van der Waals surface area (Å²) < 4.78 is 9.23. The van der Waals surface area contributed by atoms with E-state index < -0.39 is 0 Å². The molecule has 0 aromatic heterocycles. The lowest BCUT2D eigenvalue weighted by Gasteiger charge is -1.90. The Balaban J connectivity index is 2.62. The molecular weight excluding hydrogens is 108 g/mol. The zero-order chi connectivity index (χ0) is 5.98. The van der Waals surface area contributed by atoms with Crippen molar-refractivity contribution in [3.8, 4) is 0 Å². The van der Waals surface area contributed by atoms with E-state index in [1.807, 2.05) is 0 Å². The fourth-order valence-corrected chi connectivity index (χ4v) is 0.492. The van der Waals surface area contributed by atoms with Gasteiger partial charge in [-0.1, -0.05) is 0 Å². The number of hydrogen-bond acceptors (Lipinski definition) is 3. The monoisotopic (exact) mass is 114 g/mol. The van der Waals surface area contributed by atoms with E-state index in [9.17, 15) is 4.79 Å². The molecule has 1 heterocycles. The Kier molecular flexibility index (Phi) is 1.20. The third-order valence-corrected chi connectivity index (χ3v) is 0.900. The lowest BCUT2D eigenvalue weighted by molar-refractivity contribution is -0.118. The molecule has 3 heteroatoms. The second-order valence-corrected chi connectivity index (χ2v) is 1.42. The van der Waals surface area contributed by atoms with Crippen LogP contribution in [0.2, 0.25) is 0 Å². The maximum absolute atomic E-state index is 10.5. The van der Waals surface area contributed by atoms with Crippen LogP contribution < -0.4 is 0 Å². The van der Waals surface area contributed by atoms with Gasteiger partial charge < -0.3 is 9.47 Å². The number of hydrogen-bond donors (Lipinski definition) is 0. The molecule has 8 heavy (non-hydrogen) atoms. The molecule has 0 saturated carbocycles. The average molecular weight is 114 g/mol. The minimum Gasteiger partial charge on any atom is -0.490 e. The van der Waals surface area contributed by atoms with Crippen LogP contribution in [-0.2, 0) is 14.3 Å². The standard InChI is InChI=1S/C5H6O3/c1-7-5-3-8-2-4(5)6/h3H,2H2,1H3. The smallest absolute Gasteiger partial charge is 0.237 e. The van der Waals surface area contributed by atoms with Crippen LogP contribution in [0.15, 0.2) is 12.0 Å². The van der Waals surface area contributed by atoms with Gasteiger partial charge in [-0.25, -0.2) is 0 Å². The summed E-state index contributed by atoms with van der Waals surface area (Å²) in [5.41, 5.74) is 0. The number of carbonyl (C=O) groups excluding carboxylic acids is 1. The molecule has 0 fully saturated rings. The first kappa shape index (κ1) is 5.15. The number of ketones is 1. The highest BCUT2D eigenvalue weighted by Crippen LogP contribution is 2.04. The zero-order valence-corrected chi connectivity index (χ0v) is 4.51. The van der Waals surface area contributed by atoms with Crippen LogP contribution in [0.5, 0.6) is 0 Å². The molecule has 0 saturated heterocycles. The molecule has 3 nitrogen and oxygen atoms in total. The third kappa shape index (κ3) is 0.665. The maximum atomic E-state index is 10.5. The third-order valence-electron chi connectivity index (χ3n) is 0.900. The van der Waals surface area contributed by atoms with Crippen molar-refractivity contribution in [1.82, 2.24) is 0 Å². The minimum absolute atomic E-state index is 0.0903. The van der Waals surface area contributed by atoms with E-state index in [-0.39, 0.29) is 12.4 Å². The average Bonchev–Trinajstić information content (AvgIpc) is 2.14. The van der Waals surface area contributed by atoms with Gasteiger partial charge in [0, 0.05) is 0 Å². The van der Waals surface area contributed by atoms with Gasteiger partial charge in [0.15, 0.2) is 12.4 Å². The van der Waals surface area contributed by atoms with Crippen LogP contribution in [0.1, 0.15) is 0 Å². The molecule has 0 amide bonds. The molecule has 0 unspecified atom stereocenters. The van der Waals surface area contributed by atoms with Crippen molar-refractivity contribution in [2.24, 2.45) is 0 Å². The fraction of sp³-hybridized carbons (Fsp3) is 0.400. The van der Waals surface area contributed by atoms with Gasteiger partial charge in [0.2, 0.25) is 5.78 Å². The highest BCUT2D eigenvalue weighted by Gasteiger charge is 2.15. The molecular formula is C5H6O3. The van der Waals surface area contributed by atoms with Crippen molar-refractivity contribution in [3.63, 3.8) is 0 Å². The molecule has 44 valence electrons. The summed E-state index contributed by atoms with van der Waals surface area (Å²) in [5.74, 6) is 0.220. The largest absolute Gasteiger partial charge is 0.490 e. The summed E-state index contributed by atoms with van der Waals surface area (Å²) in [6, 6.07) is 0. The second-order valence-electron chi connectivity index (χ2n) is 1.42. The van der Waals surface area contributed by atoms with E-state index in [2.05, 4.69) is 9.47 Å². The van der Waals surface area contributed by atoms with Gasteiger partial charge in [-0.05, 0) is 0 Å². The number of carbonyl (C=O) groups is 1. The lowest BCUT2D eigenvalue weighted by Crippen LogP contribution is -2.01. The van der Waals surface area contributed by atoms with Gasteiger partial charge in [0.1, 0.15) is 6.26 Å². The Hall–Kier alpha value is -0.990. The van der Waals surface area contributed by atoms with Crippen molar-refractivity contribution in [2.75, 3.05) is 13.7 Å². The van der Waals surface area contributed by atoms with Crippen LogP contribution in [-0.4, -0.2) is 19.5 Å². The normalized spacial score (nSPS) is 17.6. The Bertz CT molecular complexity index is 137. The molecule has 0 aromatic carbocycles. The number of ether oxygens (including phenoxy) is 2. The minimum atomic E-state index is -0.0903. The van der Waals surface area contributed by atoms with Gasteiger partial charge in [-0.3, -0.25) is 4.79 Å². The first-order valence-electron chi connectivity index (χ1n) is 2.23. The highest BCUT2D eigenvalue weighted by molar-refractivity contribution is 5.95. The number of Topliss-reactive ketones (excluding diaryl/α,β-unsaturated/α-hetero) is 1. The topological polar surface area (TPSA) is 35.5 Å². The molecule has 0 spiro atoms. The van der Waals surface area contributed by atoms with Crippen LogP contribution in [0.25, 0.3) is 0 Å². The summed E-state index contributed by atoms with van der Waals surface area (Å²) in [7, 11) is 1.44. The first-order valence-corrected chi connectivity index (χ1v) is 2.23. The number of rotatable bonds is 1. The molecule has 0 aromatic rings. The molecule has 1 aliphatic rings. The maximum Gasteiger partial charge on any atom is 0.237 e. The first-order chi connectivity index (χ1) is 3.84. The molecule has 0 aliphatic carbocycles. The zero-order valence-electron chi connectivity index (χ0n) is 4.51. The molecule has 0 N–H and O–H groups in total. The van der Waals surface area contributed by atoms with Gasteiger partial charge >= 0.3 is 0 Å². The molecule has 1 rings (SSSR count). The molecule has 0 atom stereocenters. The SMILES string of the molecule is COC1=COCC1=O. The predicted molar refractivity (Wildman–Crippen MR) is 26.1 cm³/mol. The summed E-state index contributed by atoms with van der Waals surface area (Å²) in [5, 5.41) is 0. The van der Waals surface area contributed by atoms with E-state index in [0.29, 0.717) is 5.76 Å². The van der Waals surface area contributed by atoms with E-state index in [4.69, 9.17) is 0 Å². The van der Waals surface area contributed by atoms with Gasteiger partial charge in [0.05, 0.1) is 7.11 Å². The summed E-state index contributed by atoms with van der Waals surface area (Å²) in [6.07, 6.45) is 1.32. The highest BCUT2D eigenvalue weighted by atomic mass is 16.5. The Morgan fingerprint density at radius 1 is 1.88 bits per heavy atom. The van der Waals surface area contributed by atoms with E-state index in [1.54, 1.807) is 0 Å². The van der Waals surface area contributed by atoms with Crippen molar-refractivity contribution in [2.45, 2.75) is 0 Å². The predicted octanol–water partition coefficient (Wildman–Crippen LogP) is 0.0735. The molecule has 1 aliphatic heterocycles.